The van der Waals surface area contributed by atoms with Gasteiger partial charge in [-0.05, 0) is 50.2 Å². The monoisotopic (exact) mass is 416 g/mol. The second-order valence-corrected chi connectivity index (χ2v) is 9.17. The molecule has 1 saturated heterocycles. The van der Waals surface area contributed by atoms with E-state index in [0.717, 1.165) is 50.7 Å². The average molecular weight is 416 g/mol. The number of carbonyl (C=O) groups is 1. The molecule has 29 heavy (non-hydrogen) atoms. The van der Waals surface area contributed by atoms with Gasteiger partial charge < -0.3 is 15.0 Å². The molecular weight excluding hydrogens is 388 g/mol. The zero-order chi connectivity index (χ0) is 21.4. The first kappa shape index (κ1) is 21.9. The molecule has 1 unspecified atom stereocenters. The number of hydrogen-bond acceptors (Lipinski definition) is 3. The Bertz CT molecular complexity index is 737. The van der Waals surface area contributed by atoms with Crippen molar-refractivity contribution in [2.75, 3.05) is 26.2 Å². The van der Waals surface area contributed by atoms with Gasteiger partial charge >= 0.3 is 6.61 Å². The highest BCUT2D eigenvalue weighted by molar-refractivity contribution is 5.94. The highest BCUT2D eigenvalue weighted by atomic mass is 19.3. The molecule has 1 amide bonds. The van der Waals surface area contributed by atoms with Crippen LogP contribution in [0.3, 0.4) is 0 Å². The number of alkyl halides is 3. The normalized spacial score (nSPS) is 20.3. The smallest absolute Gasteiger partial charge is 0.387 e. The second-order valence-electron chi connectivity index (χ2n) is 9.17. The van der Waals surface area contributed by atoms with E-state index < -0.39 is 24.0 Å². The van der Waals surface area contributed by atoms with Gasteiger partial charge in [-0.2, -0.15) is 8.78 Å². The Balaban J connectivity index is 1.41. The number of hydrogen-bond donors (Lipinski definition) is 1. The van der Waals surface area contributed by atoms with Crippen LogP contribution >= 0.6 is 0 Å². The fraction of sp³-hybridized carbons (Fsp3) is 0.667. The van der Waals surface area contributed by atoms with Gasteiger partial charge in [0.1, 0.15) is 17.2 Å². The van der Waals surface area contributed by atoms with E-state index in [0.29, 0.717) is 12.5 Å². The Morgan fingerprint density at radius 2 is 1.97 bits per heavy atom. The minimum atomic E-state index is -3.08. The van der Waals surface area contributed by atoms with Crippen LogP contribution in [0.25, 0.3) is 0 Å². The number of rotatable bonds is 8. The Labute approximate surface area is 168 Å². The van der Waals surface area contributed by atoms with Crippen LogP contribution in [0.15, 0.2) is 18.2 Å². The van der Waals surface area contributed by atoms with E-state index in [-0.39, 0.29) is 22.6 Å². The maximum atomic E-state index is 13.9. The molecule has 2 aliphatic rings. The number of carbonyl (C=O) groups excluding carboxylic acids is 1. The van der Waals surface area contributed by atoms with Crippen molar-refractivity contribution in [3.05, 3.63) is 29.6 Å². The zero-order valence-electron chi connectivity index (χ0n) is 17.0. The number of likely N-dealkylation sites (tertiary alicyclic amines) is 1. The lowest BCUT2D eigenvalue weighted by Crippen LogP contribution is -2.64. The first-order chi connectivity index (χ1) is 13.5. The number of halogens is 4. The Hall–Kier alpha value is -1.83. The molecular formula is C21H28F4N2O2. The van der Waals surface area contributed by atoms with Crippen LogP contribution in [0.4, 0.5) is 17.6 Å². The van der Waals surface area contributed by atoms with E-state index >= 15 is 0 Å². The summed E-state index contributed by atoms with van der Waals surface area (Å²) in [5, 5.41) is 2.75. The molecule has 162 valence electrons. The molecule has 1 heterocycles. The summed E-state index contributed by atoms with van der Waals surface area (Å²) in [6.45, 7) is 5.17. The molecule has 4 nitrogen and oxygen atoms in total. The molecule has 1 saturated carbocycles. The number of nitrogens with zero attached hydrogens (tertiary/aromatic N) is 1. The van der Waals surface area contributed by atoms with E-state index in [2.05, 4.69) is 15.0 Å². The van der Waals surface area contributed by atoms with Gasteiger partial charge in [0.25, 0.3) is 5.91 Å². The molecule has 1 atom stereocenters. The molecule has 1 spiro atoms. The number of benzene rings is 1. The Morgan fingerprint density at radius 3 is 2.55 bits per heavy atom. The summed E-state index contributed by atoms with van der Waals surface area (Å²) in [5.74, 6) is -1.40. The van der Waals surface area contributed by atoms with E-state index in [1.807, 2.05) is 6.92 Å². The molecule has 1 aliphatic carbocycles. The number of nitrogens with one attached hydrogen (secondary N) is 1. The first-order valence-corrected chi connectivity index (χ1v) is 9.91. The average Bonchev–Trinajstić information content (AvgIpc) is 2.52. The largest absolute Gasteiger partial charge is 0.435 e. The topological polar surface area (TPSA) is 41.6 Å². The molecule has 1 aromatic carbocycles. The minimum Gasteiger partial charge on any atom is -0.435 e. The van der Waals surface area contributed by atoms with Crippen molar-refractivity contribution >= 4 is 5.91 Å². The van der Waals surface area contributed by atoms with E-state index in [1.165, 1.54) is 0 Å². The lowest BCUT2D eigenvalue weighted by atomic mass is 9.57. The molecule has 0 aromatic heterocycles. The molecule has 3 rings (SSSR count). The van der Waals surface area contributed by atoms with Crippen LogP contribution in [-0.4, -0.2) is 49.3 Å². The third kappa shape index (κ3) is 5.41. The summed E-state index contributed by atoms with van der Waals surface area (Å²) in [5.41, 5.74) is -0.966. The fourth-order valence-electron chi connectivity index (χ4n) is 4.41. The van der Waals surface area contributed by atoms with Gasteiger partial charge in [0.15, 0.2) is 0 Å². The highest BCUT2D eigenvalue weighted by Crippen LogP contribution is 2.51. The standard InChI is InChI=1S/C21H28F4N2O2/c1-13(20(2,3)25)10-27-11-21(12-27)7-14(8-21)9-26-18(28)15-4-16(22)6-17(5-15)29-19(23)24/h4-6,13-14,19H,7-12H2,1-3H3,(H,26,28). The van der Waals surface area contributed by atoms with Gasteiger partial charge in [0.05, 0.1) is 0 Å². The lowest BCUT2D eigenvalue weighted by molar-refractivity contribution is -0.103. The van der Waals surface area contributed by atoms with Crippen LogP contribution in [0.2, 0.25) is 0 Å². The molecule has 1 aromatic rings. The van der Waals surface area contributed by atoms with Crippen molar-refractivity contribution in [3.63, 3.8) is 0 Å². The third-order valence-corrected chi connectivity index (χ3v) is 6.18. The zero-order valence-corrected chi connectivity index (χ0v) is 17.0. The summed E-state index contributed by atoms with van der Waals surface area (Å²) in [6, 6.07) is 2.91. The van der Waals surface area contributed by atoms with E-state index in [1.54, 1.807) is 13.8 Å². The minimum absolute atomic E-state index is 0.0276. The summed E-state index contributed by atoms with van der Waals surface area (Å²) in [4.78, 5) is 14.5. The predicted octanol–water partition coefficient (Wildman–Crippen LogP) is 4.25. The molecule has 0 radical (unpaired) electrons. The van der Waals surface area contributed by atoms with Crippen LogP contribution in [0, 0.1) is 23.1 Å². The van der Waals surface area contributed by atoms with Crippen molar-refractivity contribution in [3.8, 4) is 5.75 Å². The van der Waals surface area contributed by atoms with Crippen molar-refractivity contribution < 1.29 is 27.1 Å². The molecule has 1 aliphatic heterocycles. The van der Waals surface area contributed by atoms with Crippen LogP contribution in [0.1, 0.15) is 44.0 Å². The third-order valence-electron chi connectivity index (χ3n) is 6.18. The van der Waals surface area contributed by atoms with Crippen LogP contribution in [-0.2, 0) is 0 Å². The van der Waals surface area contributed by atoms with Crippen LogP contribution < -0.4 is 10.1 Å². The van der Waals surface area contributed by atoms with Gasteiger partial charge in [-0.15, -0.1) is 0 Å². The highest BCUT2D eigenvalue weighted by Gasteiger charge is 2.52. The number of amides is 1. The van der Waals surface area contributed by atoms with Gasteiger partial charge in [0.2, 0.25) is 0 Å². The first-order valence-electron chi connectivity index (χ1n) is 9.91. The number of ether oxygens (including phenoxy) is 1. The maximum Gasteiger partial charge on any atom is 0.387 e. The Morgan fingerprint density at radius 1 is 1.31 bits per heavy atom. The molecule has 8 heteroatoms. The predicted molar refractivity (Wildman–Crippen MR) is 101 cm³/mol. The van der Waals surface area contributed by atoms with Gasteiger partial charge in [-0.25, -0.2) is 8.78 Å². The summed E-state index contributed by atoms with van der Waals surface area (Å²) in [7, 11) is 0. The summed E-state index contributed by atoms with van der Waals surface area (Å²) >= 11 is 0. The lowest BCUT2D eigenvalue weighted by Gasteiger charge is -2.60. The maximum absolute atomic E-state index is 13.9. The summed E-state index contributed by atoms with van der Waals surface area (Å²) in [6.07, 6.45) is 1.97. The van der Waals surface area contributed by atoms with E-state index in [4.69, 9.17) is 0 Å². The van der Waals surface area contributed by atoms with Gasteiger partial charge in [-0.3, -0.25) is 4.79 Å². The van der Waals surface area contributed by atoms with Gasteiger partial charge in [-0.1, -0.05) is 6.92 Å². The fourth-order valence-corrected chi connectivity index (χ4v) is 4.41. The molecule has 1 N–H and O–H groups in total. The van der Waals surface area contributed by atoms with Crippen LogP contribution in [0.5, 0.6) is 5.75 Å². The van der Waals surface area contributed by atoms with Crippen molar-refractivity contribution in [1.29, 1.82) is 0 Å². The van der Waals surface area contributed by atoms with Gasteiger partial charge in [0, 0.05) is 43.7 Å². The Kier molecular flexibility index (Phi) is 6.13. The van der Waals surface area contributed by atoms with Crippen molar-refractivity contribution in [2.45, 2.75) is 45.9 Å². The van der Waals surface area contributed by atoms with E-state index in [9.17, 15) is 22.4 Å². The molecule has 2 fully saturated rings. The van der Waals surface area contributed by atoms with Crippen molar-refractivity contribution in [2.24, 2.45) is 17.3 Å². The molecule has 0 bridgehead atoms. The second kappa shape index (κ2) is 8.13. The van der Waals surface area contributed by atoms with Crippen molar-refractivity contribution in [1.82, 2.24) is 10.2 Å². The quantitative estimate of drug-likeness (QED) is 0.644. The SMILES string of the molecule is CC(CN1CC2(CC(CNC(=O)c3cc(F)cc(OC(F)F)c3)C2)C1)C(C)(C)F. The summed E-state index contributed by atoms with van der Waals surface area (Å²) < 4.78 is 56.2.